The number of fused-ring (bicyclic) bond motifs is 1. The Labute approximate surface area is 121 Å². The molecule has 0 unspecified atom stereocenters. The van der Waals surface area contributed by atoms with Gasteiger partial charge >= 0.3 is 0 Å². The summed E-state index contributed by atoms with van der Waals surface area (Å²) >= 11 is 0. The number of nitrogens with one attached hydrogen (secondary N) is 1. The number of aromatic nitrogens is 1. The fourth-order valence-corrected chi connectivity index (χ4v) is 3.20. The second-order valence-corrected chi connectivity index (χ2v) is 5.97. The first-order valence-electron chi connectivity index (χ1n) is 7.47. The van der Waals surface area contributed by atoms with Crippen molar-refractivity contribution in [3.05, 3.63) is 41.6 Å². The fourth-order valence-electron chi connectivity index (χ4n) is 3.20. The van der Waals surface area contributed by atoms with E-state index in [4.69, 9.17) is 0 Å². The van der Waals surface area contributed by atoms with Crippen molar-refractivity contribution in [1.82, 2.24) is 15.2 Å². The SMILES string of the molecule is Cc1cc(CN2[C@H](C)CNC[C@@H]2C)c2ccccc2n1. The van der Waals surface area contributed by atoms with Gasteiger partial charge in [-0.25, -0.2) is 0 Å². The number of rotatable bonds is 2. The number of aryl methyl sites for hydroxylation is 1. The zero-order valence-electron chi connectivity index (χ0n) is 12.6. The number of hydrogen-bond donors (Lipinski definition) is 1. The Bertz CT molecular complexity index is 598. The molecule has 0 aliphatic carbocycles. The van der Waals surface area contributed by atoms with Crippen LogP contribution in [0.2, 0.25) is 0 Å². The Morgan fingerprint density at radius 3 is 2.65 bits per heavy atom. The van der Waals surface area contributed by atoms with Crippen LogP contribution in [0.5, 0.6) is 0 Å². The molecule has 0 spiro atoms. The topological polar surface area (TPSA) is 28.2 Å². The Morgan fingerprint density at radius 1 is 1.20 bits per heavy atom. The number of nitrogens with zero attached hydrogens (tertiary/aromatic N) is 2. The molecule has 1 aliphatic heterocycles. The summed E-state index contributed by atoms with van der Waals surface area (Å²) in [7, 11) is 0. The summed E-state index contributed by atoms with van der Waals surface area (Å²) in [6.45, 7) is 9.85. The minimum absolute atomic E-state index is 0.575. The molecule has 1 N–H and O–H groups in total. The highest BCUT2D eigenvalue weighted by atomic mass is 15.2. The van der Waals surface area contributed by atoms with Crippen molar-refractivity contribution >= 4 is 10.9 Å². The van der Waals surface area contributed by atoms with E-state index in [0.717, 1.165) is 30.8 Å². The van der Waals surface area contributed by atoms with Crippen molar-refractivity contribution in [2.24, 2.45) is 0 Å². The summed E-state index contributed by atoms with van der Waals surface area (Å²) in [4.78, 5) is 7.23. The molecule has 1 aromatic heterocycles. The van der Waals surface area contributed by atoms with Crippen LogP contribution in [0.25, 0.3) is 10.9 Å². The highest BCUT2D eigenvalue weighted by Gasteiger charge is 2.24. The van der Waals surface area contributed by atoms with E-state index in [1.807, 2.05) is 0 Å². The predicted octanol–water partition coefficient (Wildman–Crippen LogP) is 2.73. The van der Waals surface area contributed by atoms with Crippen LogP contribution in [0.1, 0.15) is 25.1 Å². The van der Waals surface area contributed by atoms with Crippen LogP contribution in [0.4, 0.5) is 0 Å². The van der Waals surface area contributed by atoms with Gasteiger partial charge in [-0.3, -0.25) is 9.88 Å². The average molecular weight is 269 g/mol. The molecule has 0 radical (unpaired) electrons. The van der Waals surface area contributed by atoms with Crippen molar-refractivity contribution in [3.8, 4) is 0 Å². The van der Waals surface area contributed by atoms with Gasteiger partial charge in [0.25, 0.3) is 0 Å². The number of para-hydroxylation sites is 1. The number of hydrogen-bond acceptors (Lipinski definition) is 3. The Kier molecular flexibility index (Phi) is 3.72. The predicted molar refractivity (Wildman–Crippen MR) is 83.8 cm³/mol. The Hall–Kier alpha value is -1.45. The van der Waals surface area contributed by atoms with Gasteiger partial charge in [0.05, 0.1) is 5.52 Å². The normalized spacial score (nSPS) is 24.1. The molecule has 0 bridgehead atoms. The van der Waals surface area contributed by atoms with Crippen molar-refractivity contribution in [2.45, 2.75) is 39.4 Å². The van der Waals surface area contributed by atoms with E-state index < -0.39 is 0 Å². The van der Waals surface area contributed by atoms with E-state index in [1.54, 1.807) is 0 Å². The third kappa shape index (κ3) is 2.56. The third-order valence-corrected chi connectivity index (χ3v) is 4.29. The van der Waals surface area contributed by atoms with Crippen LogP contribution in [0, 0.1) is 6.92 Å². The average Bonchev–Trinajstić information content (AvgIpc) is 2.42. The van der Waals surface area contributed by atoms with E-state index >= 15 is 0 Å². The lowest BCUT2D eigenvalue weighted by Crippen LogP contribution is -2.54. The third-order valence-electron chi connectivity index (χ3n) is 4.29. The van der Waals surface area contributed by atoms with Gasteiger partial charge in [-0.05, 0) is 38.5 Å². The van der Waals surface area contributed by atoms with Gasteiger partial charge in [0.15, 0.2) is 0 Å². The van der Waals surface area contributed by atoms with Crippen LogP contribution in [0.3, 0.4) is 0 Å². The first-order chi connectivity index (χ1) is 9.65. The van der Waals surface area contributed by atoms with Gasteiger partial charge in [0.1, 0.15) is 0 Å². The van der Waals surface area contributed by atoms with E-state index in [2.05, 4.69) is 66.3 Å². The summed E-state index contributed by atoms with van der Waals surface area (Å²) in [5.41, 5.74) is 3.61. The van der Waals surface area contributed by atoms with Crippen molar-refractivity contribution in [3.63, 3.8) is 0 Å². The van der Waals surface area contributed by atoms with Crippen LogP contribution in [-0.4, -0.2) is 35.1 Å². The quantitative estimate of drug-likeness (QED) is 0.908. The lowest BCUT2D eigenvalue weighted by atomic mass is 10.0. The van der Waals surface area contributed by atoms with Gasteiger partial charge in [-0.15, -0.1) is 0 Å². The Morgan fingerprint density at radius 2 is 1.90 bits per heavy atom. The number of benzene rings is 1. The molecule has 106 valence electrons. The van der Waals surface area contributed by atoms with Gasteiger partial charge in [-0.2, -0.15) is 0 Å². The smallest absolute Gasteiger partial charge is 0.0708 e. The molecule has 3 rings (SSSR count). The highest BCUT2D eigenvalue weighted by molar-refractivity contribution is 5.82. The molecule has 1 aromatic carbocycles. The monoisotopic (exact) mass is 269 g/mol. The molecule has 3 heteroatoms. The number of piperazine rings is 1. The van der Waals surface area contributed by atoms with Gasteiger partial charge in [0.2, 0.25) is 0 Å². The molecular formula is C17H23N3. The first-order valence-corrected chi connectivity index (χ1v) is 7.47. The van der Waals surface area contributed by atoms with Gasteiger partial charge < -0.3 is 5.32 Å². The summed E-state index contributed by atoms with van der Waals surface area (Å²) in [6.07, 6.45) is 0. The molecule has 1 fully saturated rings. The van der Waals surface area contributed by atoms with Crippen LogP contribution < -0.4 is 5.32 Å². The van der Waals surface area contributed by atoms with Crippen LogP contribution in [-0.2, 0) is 6.54 Å². The molecule has 1 aliphatic rings. The highest BCUT2D eigenvalue weighted by Crippen LogP contribution is 2.22. The summed E-state index contributed by atoms with van der Waals surface area (Å²) in [5, 5.41) is 4.78. The lowest BCUT2D eigenvalue weighted by molar-refractivity contribution is 0.109. The molecule has 2 heterocycles. The zero-order chi connectivity index (χ0) is 14.1. The van der Waals surface area contributed by atoms with Crippen molar-refractivity contribution in [1.29, 1.82) is 0 Å². The van der Waals surface area contributed by atoms with E-state index in [9.17, 15) is 0 Å². The van der Waals surface area contributed by atoms with Crippen LogP contribution >= 0.6 is 0 Å². The van der Waals surface area contributed by atoms with E-state index in [-0.39, 0.29) is 0 Å². The summed E-state index contributed by atoms with van der Waals surface area (Å²) < 4.78 is 0. The second kappa shape index (κ2) is 5.51. The fraction of sp³-hybridized carbons (Fsp3) is 0.471. The molecule has 0 saturated carbocycles. The summed E-state index contributed by atoms with van der Waals surface area (Å²) in [5.74, 6) is 0. The molecular weight excluding hydrogens is 246 g/mol. The molecule has 20 heavy (non-hydrogen) atoms. The summed E-state index contributed by atoms with van der Waals surface area (Å²) in [6, 6.07) is 11.9. The molecule has 0 amide bonds. The molecule has 2 aromatic rings. The maximum absolute atomic E-state index is 4.64. The van der Waals surface area contributed by atoms with Gasteiger partial charge in [-0.1, -0.05) is 18.2 Å². The minimum Gasteiger partial charge on any atom is -0.314 e. The van der Waals surface area contributed by atoms with Gasteiger partial charge in [0, 0.05) is 42.8 Å². The standard InChI is InChI=1S/C17H23N3/c1-12-8-15(16-6-4-5-7-17(16)19-12)11-20-13(2)9-18-10-14(20)3/h4-8,13-14,18H,9-11H2,1-3H3/t13-,14+. The molecule has 2 atom stereocenters. The maximum atomic E-state index is 4.64. The first kappa shape index (κ1) is 13.5. The number of pyridine rings is 1. The van der Waals surface area contributed by atoms with E-state index in [0.29, 0.717) is 12.1 Å². The maximum Gasteiger partial charge on any atom is 0.0708 e. The largest absolute Gasteiger partial charge is 0.314 e. The van der Waals surface area contributed by atoms with E-state index in [1.165, 1.54) is 10.9 Å². The van der Waals surface area contributed by atoms with Crippen molar-refractivity contribution in [2.75, 3.05) is 13.1 Å². The zero-order valence-corrected chi connectivity index (χ0v) is 12.6. The van der Waals surface area contributed by atoms with Crippen LogP contribution in [0.15, 0.2) is 30.3 Å². The lowest BCUT2D eigenvalue weighted by Gasteiger charge is -2.39. The van der Waals surface area contributed by atoms with Crippen molar-refractivity contribution < 1.29 is 0 Å². The second-order valence-electron chi connectivity index (χ2n) is 5.97. The Balaban J connectivity index is 1.97. The minimum atomic E-state index is 0.575. The molecule has 3 nitrogen and oxygen atoms in total. The molecule has 1 saturated heterocycles.